The topological polar surface area (TPSA) is 68.5 Å². The molecule has 0 aliphatic carbocycles. The molecule has 0 aliphatic heterocycles. The first-order valence-corrected chi connectivity index (χ1v) is 7.91. The maximum atomic E-state index is 12.3. The van der Waals surface area contributed by atoms with Gasteiger partial charge in [-0.2, -0.15) is 0 Å². The second-order valence-corrected chi connectivity index (χ2v) is 5.96. The van der Waals surface area contributed by atoms with Gasteiger partial charge in [0.1, 0.15) is 11.4 Å². The summed E-state index contributed by atoms with van der Waals surface area (Å²) in [4.78, 5) is 18.0. The van der Waals surface area contributed by atoms with Crippen LogP contribution in [-0.4, -0.2) is 35.7 Å². The smallest absolute Gasteiger partial charge is 0.406 e. The number of amides is 1. The van der Waals surface area contributed by atoms with Gasteiger partial charge < -0.3 is 15.4 Å². The third kappa shape index (κ3) is 6.52. The Morgan fingerprint density at radius 3 is 2.52 bits per heavy atom. The van der Waals surface area contributed by atoms with Crippen molar-refractivity contribution >= 4 is 29.7 Å². The van der Waals surface area contributed by atoms with Crippen molar-refractivity contribution in [1.29, 1.82) is 0 Å². The lowest BCUT2D eigenvalue weighted by Gasteiger charge is -2.16. The second kappa shape index (κ2) is 9.02. The van der Waals surface area contributed by atoms with E-state index < -0.39 is 6.36 Å². The summed E-state index contributed by atoms with van der Waals surface area (Å²) in [5.74, 6) is -0.559. The first-order valence-electron chi connectivity index (χ1n) is 7.03. The highest BCUT2D eigenvalue weighted by molar-refractivity contribution is 7.09. The van der Waals surface area contributed by atoms with Crippen molar-refractivity contribution in [3.05, 3.63) is 45.9 Å². The molecule has 0 aliphatic rings. The molecule has 0 unspecified atom stereocenters. The number of aromatic nitrogens is 1. The largest absolute Gasteiger partial charge is 0.573 e. The number of rotatable bonds is 6. The lowest BCUT2D eigenvalue weighted by Crippen LogP contribution is -2.26. The van der Waals surface area contributed by atoms with Crippen molar-refractivity contribution in [2.75, 3.05) is 13.6 Å². The van der Waals surface area contributed by atoms with Gasteiger partial charge in [-0.1, -0.05) is 12.1 Å². The summed E-state index contributed by atoms with van der Waals surface area (Å²) in [6.07, 6.45) is -4.11. The number of nitrogens with two attached hydrogens (primary N) is 1. The van der Waals surface area contributed by atoms with Crippen molar-refractivity contribution in [3.8, 4) is 5.75 Å². The molecule has 25 heavy (non-hydrogen) atoms. The van der Waals surface area contributed by atoms with E-state index in [1.807, 2.05) is 0 Å². The van der Waals surface area contributed by atoms with Crippen molar-refractivity contribution < 1.29 is 22.7 Å². The number of hydrogen-bond acceptors (Lipinski definition) is 5. The molecule has 2 rings (SSSR count). The Bertz CT molecular complexity index is 692. The van der Waals surface area contributed by atoms with Gasteiger partial charge in [0.05, 0.1) is 5.01 Å². The number of carbonyl (C=O) groups is 1. The Morgan fingerprint density at radius 1 is 1.32 bits per heavy atom. The van der Waals surface area contributed by atoms with Crippen LogP contribution in [0, 0.1) is 0 Å². The number of ether oxygens (including phenoxy) is 1. The molecule has 0 radical (unpaired) electrons. The first kappa shape index (κ1) is 21.2. The summed E-state index contributed by atoms with van der Waals surface area (Å²) < 4.78 is 40.1. The van der Waals surface area contributed by atoms with Crippen LogP contribution in [0.4, 0.5) is 13.2 Å². The zero-order valence-corrected chi connectivity index (χ0v) is 14.9. The third-order valence-corrected chi connectivity index (χ3v) is 3.96. The molecule has 2 aromatic rings. The van der Waals surface area contributed by atoms with Crippen LogP contribution in [0.15, 0.2) is 29.6 Å². The van der Waals surface area contributed by atoms with Crippen LogP contribution < -0.4 is 10.5 Å². The standard InChI is InChI=1S/C15H16F3N3O2S.ClH/c1-21(14(22)12-9-24-13(20-12)6-7-19)8-10-2-4-11(5-3-10)23-15(16,17)18;/h2-5,9H,6-8,19H2,1H3;1H. The number of hydrogen-bond donors (Lipinski definition) is 1. The summed E-state index contributed by atoms with van der Waals surface area (Å²) in [6.45, 7) is 0.707. The fourth-order valence-electron chi connectivity index (χ4n) is 1.99. The summed E-state index contributed by atoms with van der Waals surface area (Å²) >= 11 is 1.37. The van der Waals surface area contributed by atoms with Crippen LogP contribution >= 0.6 is 23.7 Å². The highest BCUT2D eigenvalue weighted by Gasteiger charge is 2.31. The van der Waals surface area contributed by atoms with E-state index in [-0.39, 0.29) is 30.6 Å². The van der Waals surface area contributed by atoms with E-state index >= 15 is 0 Å². The average molecular weight is 396 g/mol. The van der Waals surface area contributed by atoms with E-state index in [4.69, 9.17) is 5.73 Å². The van der Waals surface area contributed by atoms with E-state index in [9.17, 15) is 18.0 Å². The molecule has 0 saturated heterocycles. The molecule has 10 heteroatoms. The molecule has 5 nitrogen and oxygen atoms in total. The first-order chi connectivity index (χ1) is 11.3. The zero-order chi connectivity index (χ0) is 17.7. The predicted octanol–water partition coefficient (Wildman–Crippen LogP) is 3.24. The number of thiazole rings is 1. The van der Waals surface area contributed by atoms with Crippen LogP contribution in [0.25, 0.3) is 0 Å². The molecule has 1 aromatic carbocycles. The summed E-state index contributed by atoms with van der Waals surface area (Å²) in [7, 11) is 1.60. The van der Waals surface area contributed by atoms with Crippen molar-refractivity contribution in [3.63, 3.8) is 0 Å². The van der Waals surface area contributed by atoms with Gasteiger partial charge in [0.15, 0.2) is 0 Å². The Hall–Kier alpha value is -1.84. The Kier molecular flexibility index (Phi) is 7.65. The van der Waals surface area contributed by atoms with Gasteiger partial charge in [-0.25, -0.2) is 4.98 Å². The minimum absolute atomic E-state index is 0. The third-order valence-electron chi connectivity index (χ3n) is 3.05. The van der Waals surface area contributed by atoms with Gasteiger partial charge in [0.2, 0.25) is 0 Å². The Balaban J connectivity index is 0.00000312. The fourth-order valence-corrected chi connectivity index (χ4v) is 2.77. The summed E-state index contributed by atoms with van der Waals surface area (Å²) in [6, 6.07) is 5.38. The maximum Gasteiger partial charge on any atom is 0.573 e. The lowest BCUT2D eigenvalue weighted by molar-refractivity contribution is -0.274. The number of benzene rings is 1. The number of alkyl halides is 3. The Morgan fingerprint density at radius 2 is 1.96 bits per heavy atom. The van der Waals surface area contributed by atoms with Gasteiger partial charge in [0.25, 0.3) is 5.91 Å². The van der Waals surface area contributed by atoms with Crippen molar-refractivity contribution in [2.24, 2.45) is 5.73 Å². The lowest BCUT2D eigenvalue weighted by atomic mass is 10.2. The van der Waals surface area contributed by atoms with E-state index in [0.29, 0.717) is 24.2 Å². The van der Waals surface area contributed by atoms with Gasteiger partial charge in [-0.15, -0.1) is 36.9 Å². The molecule has 138 valence electrons. The van der Waals surface area contributed by atoms with Gasteiger partial charge in [0, 0.05) is 25.4 Å². The molecule has 1 heterocycles. The monoisotopic (exact) mass is 395 g/mol. The summed E-state index contributed by atoms with van der Waals surface area (Å²) in [5, 5.41) is 2.47. The molecular weight excluding hydrogens is 379 g/mol. The van der Waals surface area contributed by atoms with Crippen LogP contribution in [-0.2, 0) is 13.0 Å². The molecule has 0 spiro atoms. The minimum Gasteiger partial charge on any atom is -0.406 e. The molecular formula is C15H17ClF3N3O2S. The normalized spacial score (nSPS) is 10.9. The van der Waals surface area contributed by atoms with Gasteiger partial charge in [-0.05, 0) is 24.2 Å². The molecule has 1 amide bonds. The molecule has 1 aromatic heterocycles. The average Bonchev–Trinajstić information content (AvgIpc) is 2.96. The molecule has 0 bridgehead atoms. The van der Waals surface area contributed by atoms with Crippen LogP contribution in [0.1, 0.15) is 21.1 Å². The van der Waals surface area contributed by atoms with E-state index in [1.54, 1.807) is 12.4 Å². The highest BCUT2D eigenvalue weighted by Crippen LogP contribution is 2.23. The molecule has 0 saturated carbocycles. The SMILES string of the molecule is CN(Cc1ccc(OC(F)(F)F)cc1)C(=O)c1csc(CCN)n1.Cl. The van der Waals surface area contributed by atoms with Crippen molar-refractivity contribution in [2.45, 2.75) is 19.3 Å². The van der Waals surface area contributed by atoms with E-state index in [1.165, 1.54) is 40.5 Å². The van der Waals surface area contributed by atoms with Gasteiger partial charge in [-0.3, -0.25) is 4.79 Å². The Labute approximate surface area is 153 Å². The maximum absolute atomic E-state index is 12.3. The number of halogens is 4. The number of nitrogens with zero attached hydrogens (tertiary/aromatic N) is 2. The van der Waals surface area contributed by atoms with Crippen LogP contribution in [0.3, 0.4) is 0 Å². The highest BCUT2D eigenvalue weighted by atomic mass is 35.5. The predicted molar refractivity (Wildman–Crippen MR) is 91.0 cm³/mol. The van der Waals surface area contributed by atoms with E-state index in [2.05, 4.69) is 9.72 Å². The van der Waals surface area contributed by atoms with Crippen molar-refractivity contribution in [1.82, 2.24) is 9.88 Å². The fraction of sp³-hybridized carbons (Fsp3) is 0.333. The summed E-state index contributed by atoms with van der Waals surface area (Å²) in [5.41, 5.74) is 6.46. The zero-order valence-electron chi connectivity index (χ0n) is 13.2. The quantitative estimate of drug-likeness (QED) is 0.815. The number of carbonyl (C=O) groups excluding carboxylic acids is 1. The van der Waals surface area contributed by atoms with Crippen LogP contribution in [0.2, 0.25) is 0 Å². The minimum atomic E-state index is -4.72. The van der Waals surface area contributed by atoms with E-state index in [0.717, 1.165) is 5.01 Å². The second-order valence-electron chi connectivity index (χ2n) is 5.02. The molecule has 2 N–H and O–H groups in total. The van der Waals surface area contributed by atoms with Crippen LogP contribution in [0.5, 0.6) is 5.75 Å². The molecule has 0 atom stereocenters. The molecule has 0 fully saturated rings. The van der Waals surface area contributed by atoms with Gasteiger partial charge >= 0.3 is 6.36 Å².